The van der Waals surface area contributed by atoms with Crippen LogP contribution in [0, 0.1) is 6.92 Å². The van der Waals surface area contributed by atoms with Gasteiger partial charge in [0.15, 0.2) is 5.82 Å². The Kier molecular flexibility index (Phi) is 10.0. The molecule has 0 spiro atoms. The Morgan fingerprint density at radius 3 is 1.19 bits per heavy atom. The first-order valence-electron chi connectivity index (χ1n) is 21.7. The second-order valence-corrected chi connectivity index (χ2v) is 15.9. The van der Waals surface area contributed by atoms with Crippen molar-refractivity contribution in [2.75, 3.05) is 9.80 Å². The Hall–Kier alpha value is -8.54. The van der Waals surface area contributed by atoms with Crippen LogP contribution in [0.3, 0.4) is 0 Å². The molecular weight excluding hydrogens is 779 g/mol. The van der Waals surface area contributed by atoms with E-state index in [9.17, 15) is 0 Å². The number of fused-ring (bicyclic) bond motifs is 3. The Morgan fingerprint density at radius 1 is 0.344 bits per heavy atom. The summed E-state index contributed by atoms with van der Waals surface area (Å²) in [5, 5.41) is 2.31. The number of hydrogen-bond donors (Lipinski definition) is 0. The number of anilines is 6. The van der Waals surface area contributed by atoms with E-state index < -0.39 is 0 Å². The van der Waals surface area contributed by atoms with E-state index in [1.807, 2.05) is 24.3 Å². The highest BCUT2D eigenvalue weighted by molar-refractivity contribution is 6.12. The van der Waals surface area contributed by atoms with Crippen LogP contribution >= 0.6 is 0 Å². The summed E-state index contributed by atoms with van der Waals surface area (Å²) in [6.45, 7) is 2.19. The third-order valence-corrected chi connectivity index (χ3v) is 11.9. The molecule has 0 aliphatic rings. The molecule has 11 rings (SSSR count). The largest absolute Gasteiger partial charge is 0.310 e. The van der Waals surface area contributed by atoms with Crippen molar-refractivity contribution in [1.29, 1.82) is 0 Å². The number of nitrogens with zero attached hydrogens (tertiary/aromatic N) is 5. The summed E-state index contributed by atoms with van der Waals surface area (Å²) in [6.07, 6.45) is 0. The number of rotatable bonds is 10. The summed E-state index contributed by atoms with van der Waals surface area (Å²) in [6, 6.07) is 85.6. The zero-order valence-electron chi connectivity index (χ0n) is 35.3. The van der Waals surface area contributed by atoms with Crippen molar-refractivity contribution in [2.45, 2.75) is 6.92 Å². The maximum Gasteiger partial charge on any atom is 0.160 e. The number of benzene rings is 9. The lowest BCUT2D eigenvalue weighted by Crippen LogP contribution is -2.09. The van der Waals surface area contributed by atoms with Gasteiger partial charge in [-0.3, -0.25) is 0 Å². The molecule has 5 nitrogen and oxygen atoms in total. The van der Waals surface area contributed by atoms with Gasteiger partial charge in [0.25, 0.3) is 0 Å². The maximum atomic E-state index is 5.18. The van der Waals surface area contributed by atoms with Gasteiger partial charge in [0.2, 0.25) is 0 Å². The van der Waals surface area contributed by atoms with Gasteiger partial charge in [-0.1, -0.05) is 140 Å². The molecule has 0 aliphatic heterocycles. The highest BCUT2D eigenvalue weighted by Gasteiger charge is 2.21. The number of hydrogen-bond acceptors (Lipinski definition) is 4. The monoisotopic (exact) mass is 821 g/mol. The van der Waals surface area contributed by atoms with Crippen LogP contribution < -0.4 is 9.80 Å². The fraction of sp³-hybridized carbons (Fsp3) is 0.0169. The molecule has 9 aromatic carbocycles. The third-order valence-electron chi connectivity index (χ3n) is 11.9. The van der Waals surface area contributed by atoms with E-state index in [2.05, 4.69) is 240 Å². The van der Waals surface area contributed by atoms with E-state index in [0.717, 1.165) is 95.3 Å². The summed E-state index contributed by atoms with van der Waals surface area (Å²) >= 11 is 0. The minimum absolute atomic E-state index is 0.703. The molecule has 304 valence electrons. The molecule has 0 atom stereocenters. The first-order valence-corrected chi connectivity index (χ1v) is 21.7. The van der Waals surface area contributed by atoms with Gasteiger partial charge in [0, 0.05) is 67.3 Å². The second-order valence-electron chi connectivity index (χ2n) is 15.9. The molecule has 0 N–H and O–H groups in total. The van der Waals surface area contributed by atoms with Gasteiger partial charge in [-0.15, -0.1) is 0 Å². The molecule has 0 saturated heterocycles. The SMILES string of the molecule is Cc1cc(-n2c3ccc(N(c4ccccc4)c4ccccc4)cc3c3cc(N(c4ccccc4)c4ccccc4)ccc32)ccc1-c1cc(-c2ccccc2)nc(-c2ccccc2)n1. The molecule has 0 fully saturated rings. The van der Waals surface area contributed by atoms with E-state index in [1.54, 1.807) is 0 Å². The minimum Gasteiger partial charge on any atom is -0.310 e. The summed E-state index contributed by atoms with van der Waals surface area (Å²) < 4.78 is 2.41. The third kappa shape index (κ3) is 7.25. The molecule has 11 aromatic rings. The van der Waals surface area contributed by atoms with Gasteiger partial charge in [-0.05, 0) is 116 Å². The quantitative estimate of drug-likeness (QED) is 0.138. The van der Waals surface area contributed by atoms with Crippen molar-refractivity contribution in [3.63, 3.8) is 0 Å². The molecule has 0 amide bonds. The van der Waals surface area contributed by atoms with Crippen molar-refractivity contribution in [3.8, 4) is 39.6 Å². The predicted octanol–water partition coefficient (Wildman–Crippen LogP) is 15.8. The predicted molar refractivity (Wildman–Crippen MR) is 267 cm³/mol. The lowest BCUT2D eigenvalue weighted by molar-refractivity contribution is 1.16. The van der Waals surface area contributed by atoms with Crippen LogP contribution in [-0.2, 0) is 0 Å². The van der Waals surface area contributed by atoms with Crippen LogP contribution in [0.5, 0.6) is 0 Å². The van der Waals surface area contributed by atoms with Crippen LogP contribution in [-0.4, -0.2) is 14.5 Å². The van der Waals surface area contributed by atoms with E-state index in [-0.39, 0.29) is 0 Å². The average Bonchev–Trinajstić information content (AvgIpc) is 3.69. The van der Waals surface area contributed by atoms with E-state index in [0.29, 0.717) is 5.82 Å². The summed E-state index contributed by atoms with van der Waals surface area (Å²) in [4.78, 5) is 14.9. The molecule has 0 aliphatic carbocycles. The molecule has 0 bridgehead atoms. The van der Waals surface area contributed by atoms with Crippen LogP contribution in [0.2, 0.25) is 0 Å². The minimum atomic E-state index is 0.703. The fourth-order valence-electron chi connectivity index (χ4n) is 8.89. The lowest BCUT2D eigenvalue weighted by Gasteiger charge is -2.26. The van der Waals surface area contributed by atoms with Gasteiger partial charge < -0.3 is 14.4 Å². The average molecular weight is 822 g/mol. The van der Waals surface area contributed by atoms with E-state index >= 15 is 0 Å². The van der Waals surface area contributed by atoms with Crippen LogP contribution in [0.25, 0.3) is 61.4 Å². The number of aryl methyl sites for hydroxylation is 1. The standard InChI is InChI=1S/C59H43N5/c1-42-38-49(32-35-52(42)56-41-55(43-20-8-2-9-21-43)60-59(61-56)44-22-10-3-11-23-44)64-57-36-33-50(62(45-24-12-4-13-25-45)46-26-14-5-15-27-46)39-53(57)54-40-51(34-37-58(54)64)63(47-28-16-6-17-29-47)48-30-18-7-19-31-48/h2-41H,1H3. The number of aromatic nitrogens is 3. The molecule has 0 radical (unpaired) electrons. The molecule has 64 heavy (non-hydrogen) atoms. The first kappa shape index (κ1) is 38.4. The number of para-hydroxylation sites is 4. The molecule has 2 aromatic heterocycles. The normalized spacial score (nSPS) is 11.2. The van der Waals surface area contributed by atoms with Crippen molar-refractivity contribution >= 4 is 55.9 Å². The van der Waals surface area contributed by atoms with Gasteiger partial charge in [-0.2, -0.15) is 0 Å². The van der Waals surface area contributed by atoms with Gasteiger partial charge in [0.1, 0.15) is 0 Å². The van der Waals surface area contributed by atoms with Crippen LogP contribution in [0.15, 0.2) is 243 Å². The molecule has 0 unspecified atom stereocenters. The molecular formula is C59H43N5. The Bertz CT molecular complexity index is 3090. The highest BCUT2D eigenvalue weighted by atomic mass is 15.1. The Morgan fingerprint density at radius 2 is 0.750 bits per heavy atom. The fourth-order valence-corrected chi connectivity index (χ4v) is 8.89. The van der Waals surface area contributed by atoms with Crippen LogP contribution in [0.4, 0.5) is 34.1 Å². The molecule has 0 saturated carbocycles. The zero-order valence-corrected chi connectivity index (χ0v) is 35.3. The Labute approximate surface area is 373 Å². The smallest absolute Gasteiger partial charge is 0.160 e. The van der Waals surface area contributed by atoms with Gasteiger partial charge >= 0.3 is 0 Å². The van der Waals surface area contributed by atoms with Gasteiger partial charge in [-0.25, -0.2) is 9.97 Å². The Balaban J connectivity index is 1.11. The molecule has 5 heteroatoms. The highest BCUT2D eigenvalue weighted by Crippen LogP contribution is 2.43. The van der Waals surface area contributed by atoms with E-state index in [4.69, 9.17) is 9.97 Å². The first-order chi connectivity index (χ1) is 31.7. The second kappa shape index (κ2) is 16.7. The van der Waals surface area contributed by atoms with Crippen molar-refractivity contribution in [3.05, 3.63) is 248 Å². The lowest BCUT2D eigenvalue weighted by atomic mass is 10.0. The van der Waals surface area contributed by atoms with Crippen molar-refractivity contribution in [2.24, 2.45) is 0 Å². The van der Waals surface area contributed by atoms with Crippen molar-refractivity contribution in [1.82, 2.24) is 14.5 Å². The van der Waals surface area contributed by atoms with Crippen LogP contribution in [0.1, 0.15) is 5.56 Å². The molecule has 2 heterocycles. The van der Waals surface area contributed by atoms with Crippen molar-refractivity contribution < 1.29 is 0 Å². The van der Waals surface area contributed by atoms with E-state index in [1.165, 1.54) is 0 Å². The summed E-state index contributed by atoms with van der Waals surface area (Å²) in [5.41, 5.74) is 15.9. The summed E-state index contributed by atoms with van der Waals surface area (Å²) in [5.74, 6) is 0.703. The van der Waals surface area contributed by atoms with Gasteiger partial charge in [0.05, 0.1) is 22.4 Å². The summed E-state index contributed by atoms with van der Waals surface area (Å²) in [7, 11) is 0. The zero-order chi connectivity index (χ0) is 42.8. The maximum absolute atomic E-state index is 5.18. The topological polar surface area (TPSA) is 37.2 Å².